The van der Waals surface area contributed by atoms with Gasteiger partial charge >= 0.3 is 0 Å². The van der Waals surface area contributed by atoms with Crippen molar-refractivity contribution in [1.29, 1.82) is 0 Å². The van der Waals surface area contributed by atoms with Crippen LogP contribution in [0.15, 0.2) is 0 Å². The van der Waals surface area contributed by atoms with Gasteiger partial charge in [0.2, 0.25) is 0 Å². The van der Waals surface area contributed by atoms with E-state index in [9.17, 15) is 0 Å². The van der Waals surface area contributed by atoms with Crippen LogP contribution in [0.1, 0.15) is 25.7 Å². The van der Waals surface area contributed by atoms with Crippen molar-refractivity contribution in [2.75, 3.05) is 27.2 Å². The van der Waals surface area contributed by atoms with Crippen LogP contribution in [0, 0.1) is 5.41 Å². The number of methoxy groups -OCH3 is 1. The van der Waals surface area contributed by atoms with E-state index in [4.69, 9.17) is 4.74 Å². The molecule has 2 nitrogen and oxygen atoms in total. The zero-order valence-corrected chi connectivity index (χ0v) is 8.18. The third-order valence-electron chi connectivity index (χ3n) is 3.70. The van der Waals surface area contributed by atoms with Gasteiger partial charge in [0.05, 0.1) is 6.10 Å². The van der Waals surface area contributed by atoms with E-state index in [1.807, 2.05) is 7.11 Å². The zero-order chi connectivity index (χ0) is 8.60. The molecule has 1 saturated carbocycles. The van der Waals surface area contributed by atoms with Gasteiger partial charge in [0.25, 0.3) is 0 Å². The Kier molecular flexibility index (Phi) is 2.13. The summed E-state index contributed by atoms with van der Waals surface area (Å²) in [5.41, 5.74) is 0.688. The first-order chi connectivity index (χ1) is 5.74. The van der Waals surface area contributed by atoms with Gasteiger partial charge < -0.3 is 9.64 Å². The largest absolute Gasteiger partial charge is 0.381 e. The summed E-state index contributed by atoms with van der Waals surface area (Å²) in [5.74, 6) is 0. The van der Waals surface area contributed by atoms with Gasteiger partial charge in [0.15, 0.2) is 0 Å². The second-order valence-corrected chi connectivity index (χ2v) is 4.57. The van der Waals surface area contributed by atoms with Crippen molar-refractivity contribution < 1.29 is 4.74 Å². The maximum atomic E-state index is 5.33. The second kappa shape index (κ2) is 3.00. The molecule has 0 aromatic heterocycles. The van der Waals surface area contributed by atoms with Crippen molar-refractivity contribution in [1.82, 2.24) is 4.90 Å². The number of piperidine rings is 1. The van der Waals surface area contributed by atoms with Crippen LogP contribution in [0.2, 0.25) is 0 Å². The predicted molar refractivity (Wildman–Crippen MR) is 49.2 cm³/mol. The van der Waals surface area contributed by atoms with Crippen LogP contribution in [-0.2, 0) is 4.74 Å². The Balaban J connectivity index is 1.83. The molecular weight excluding hydrogens is 150 g/mol. The molecular formula is C10H19NO. The first-order valence-electron chi connectivity index (χ1n) is 4.95. The molecule has 2 heteroatoms. The average Bonchev–Trinajstić information content (AvgIpc) is 2.02. The van der Waals surface area contributed by atoms with Crippen molar-refractivity contribution in [3.05, 3.63) is 0 Å². The van der Waals surface area contributed by atoms with Gasteiger partial charge in [-0.25, -0.2) is 0 Å². The number of hydrogen-bond donors (Lipinski definition) is 0. The van der Waals surface area contributed by atoms with Crippen molar-refractivity contribution in [2.24, 2.45) is 5.41 Å². The molecule has 2 fully saturated rings. The van der Waals surface area contributed by atoms with Crippen molar-refractivity contribution in [3.8, 4) is 0 Å². The van der Waals surface area contributed by atoms with Gasteiger partial charge in [-0.05, 0) is 51.2 Å². The summed E-state index contributed by atoms with van der Waals surface area (Å²) in [6, 6.07) is 0. The van der Waals surface area contributed by atoms with Crippen LogP contribution in [0.5, 0.6) is 0 Å². The van der Waals surface area contributed by atoms with E-state index >= 15 is 0 Å². The standard InChI is InChI=1S/C10H19NO/c1-11-5-3-10(4-6-11)7-9(8-10)12-2/h9H,3-8H2,1-2H3. The fraction of sp³-hybridized carbons (Fsp3) is 1.00. The predicted octanol–water partition coefficient (Wildman–Crippen LogP) is 1.51. The number of likely N-dealkylation sites (tertiary alicyclic amines) is 1. The number of nitrogens with zero attached hydrogens (tertiary/aromatic N) is 1. The summed E-state index contributed by atoms with van der Waals surface area (Å²) in [6.07, 6.45) is 6.00. The summed E-state index contributed by atoms with van der Waals surface area (Å²) in [7, 11) is 4.06. The van der Waals surface area contributed by atoms with Crippen LogP contribution in [0.3, 0.4) is 0 Å². The SMILES string of the molecule is COC1CC2(CCN(C)CC2)C1. The normalized spacial score (nSPS) is 30.5. The lowest BCUT2D eigenvalue weighted by Crippen LogP contribution is -2.48. The van der Waals surface area contributed by atoms with Crippen LogP contribution in [0.4, 0.5) is 0 Å². The highest BCUT2D eigenvalue weighted by molar-refractivity contribution is 4.97. The van der Waals surface area contributed by atoms with Crippen LogP contribution in [-0.4, -0.2) is 38.3 Å². The Morgan fingerprint density at radius 3 is 2.33 bits per heavy atom. The molecule has 0 N–H and O–H groups in total. The highest BCUT2D eigenvalue weighted by Gasteiger charge is 2.45. The lowest BCUT2D eigenvalue weighted by atomic mass is 9.61. The van der Waals surface area contributed by atoms with Gasteiger partial charge in [-0.2, -0.15) is 0 Å². The van der Waals surface area contributed by atoms with E-state index in [0.717, 1.165) is 0 Å². The van der Waals surface area contributed by atoms with Gasteiger partial charge in [-0.3, -0.25) is 0 Å². The fourth-order valence-electron chi connectivity index (χ4n) is 2.57. The van der Waals surface area contributed by atoms with Crippen molar-refractivity contribution in [2.45, 2.75) is 31.8 Å². The van der Waals surface area contributed by atoms with E-state index in [1.54, 1.807) is 0 Å². The molecule has 1 spiro atoms. The summed E-state index contributed by atoms with van der Waals surface area (Å²) >= 11 is 0. The second-order valence-electron chi connectivity index (χ2n) is 4.57. The molecule has 1 saturated heterocycles. The Hall–Kier alpha value is -0.0800. The van der Waals surface area contributed by atoms with Gasteiger partial charge in [-0.1, -0.05) is 0 Å². The summed E-state index contributed by atoms with van der Waals surface area (Å²) in [4.78, 5) is 2.44. The first kappa shape index (κ1) is 8.52. The van der Waals surface area contributed by atoms with Crippen LogP contribution >= 0.6 is 0 Å². The van der Waals surface area contributed by atoms with Gasteiger partial charge in [-0.15, -0.1) is 0 Å². The Labute approximate surface area is 74.9 Å². The number of ether oxygens (including phenoxy) is 1. The fourth-order valence-corrected chi connectivity index (χ4v) is 2.57. The molecule has 1 aliphatic carbocycles. The molecule has 0 bridgehead atoms. The smallest absolute Gasteiger partial charge is 0.0582 e. The number of hydrogen-bond acceptors (Lipinski definition) is 2. The van der Waals surface area contributed by atoms with E-state index in [1.165, 1.54) is 38.8 Å². The monoisotopic (exact) mass is 169 g/mol. The highest BCUT2D eigenvalue weighted by Crippen LogP contribution is 2.49. The lowest BCUT2D eigenvalue weighted by molar-refractivity contribution is -0.0852. The molecule has 2 rings (SSSR count). The third kappa shape index (κ3) is 1.38. The topological polar surface area (TPSA) is 12.5 Å². The summed E-state index contributed by atoms with van der Waals surface area (Å²) < 4.78 is 5.33. The van der Waals surface area contributed by atoms with E-state index in [0.29, 0.717) is 11.5 Å². The van der Waals surface area contributed by atoms with E-state index < -0.39 is 0 Å². The van der Waals surface area contributed by atoms with Crippen molar-refractivity contribution >= 4 is 0 Å². The maximum absolute atomic E-state index is 5.33. The molecule has 0 aromatic carbocycles. The summed E-state index contributed by atoms with van der Waals surface area (Å²) in [5, 5.41) is 0. The van der Waals surface area contributed by atoms with Crippen LogP contribution < -0.4 is 0 Å². The highest BCUT2D eigenvalue weighted by atomic mass is 16.5. The Morgan fingerprint density at radius 2 is 1.83 bits per heavy atom. The van der Waals surface area contributed by atoms with Crippen molar-refractivity contribution in [3.63, 3.8) is 0 Å². The minimum Gasteiger partial charge on any atom is -0.381 e. The van der Waals surface area contributed by atoms with Gasteiger partial charge in [0, 0.05) is 7.11 Å². The minimum absolute atomic E-state index is 0.577. The zero-order valence-electron chi connectivity index (χ0n) is 8.18. The van der Waals surface area contributed by atoms with E-state index in [2.05, 4.69) is 11.9 Å². The molecule has 0 amide bonds. The first-order valence-corrected chi connectivity index (χ1v) is 4.95. The van der Waals surface area contributed by atoms with Gasteiger partial charge in [0.1, 0.15) is 0 Å². The summed E-state index contributed by atoms with van der Waals surface area (Å²) in [6.45, 7) is 2.58. The molecule has 1 heterocycles. The molecule has 0 radical (unpaired) electrons. The number of rotatable bonds is 1. The van der Waals surface area contributed by atoms with Crippen LogP contribution in [0.25, 0.3) is 0 Å². The maximum Gasteiger partial charge on any atom is 0.0582 e. The Morgan fingerprint density at radius 1 is 1.25 bits per heavy atom. The molecule has 0 aromatic rings. The molecule has 2 aliphatic rings. The molecule has 1 aliphatic heterocycles. The molecule has 70 valence electrons. The molecule has 0 unspecified atom stereocenters. The van der Waals surface area contributed by atoms with E-state index in [-0.39, 0.29) is 0 Å². The minimum atomic E-state index is 0.577. The molecule has 12 heavy (non-hydrogen) atoms. The third-order valence-corrected chi connectivity index (χ3v) is 3.70. The average molecular weight is 169 g/mol. The lowest BCUT2D eigenvalue weighted by Gasteiger charge is -2.51. The molecule has 0 atom stereocenters. The quantitative estimate of drug-likeness (QED) is 0.590. The Bertz CT molecular complexity index is 146.